The number of esters is 1. The van der Waals surface area contributed by atoms with Gasteiger partial charge in [-0.3, -0.25) is 9.59 Å². The molecule has 0 aliphatic carbocycles. The summed E-state index contributed by atoms with van der Waals surface area (Å²) in [4.78, 5) is 34.9. The number of Topliss-reactive ketones (excluding diaryl/α,β-unsaturated/α-hetero) is 1. The maximum Gasteiger partial charge on any atom is 0.332 e. The van der Waals surface area contributed by atoms with Crippen LogP contribution in [0, 0.1) is 11.7 Å². The van der Waals surface area contributed by atoms with E-state index in [0.29, 0.717) is 0 Å². The Labute approximate surface area is 132 Å². The molecule has 0 heterocycles. The number of benzene rings is 1. The molecule has 1 aromatic carbocycles. The van der Waals surface area contributed by atoms with Crippen LogP contribution in [0.2, 0.25) is 0 Å². The lowest BCUT2D eigenvalue weighted by Crippen LogP contribution is -2.36. The standard InChI is InChI=1S/C15H18FN3O4/c1-8(18-19-15(17)22)12(14(21)23-3)13(9(2)20)10-6-4-5-7-11(10)16/h4-7,12-13H,1-3H3,(H3,17,19,22)/b18-8+. The van der Waals surface area contributed by atoms with Crippen LogP contribution in [0.4, 0.5) is 9.18 Å². The highest BCUT2D eigenvalue weighted by molar-refractivity contribution is 6.06. The van der Waals surface area contributed by atoms with Crippen LogP contribution in [-0.2, 0) is 14.3 Å². The number of urea groups is 1. The lowest BCUT2D eigenvalue weighted by molar-refractivity contribution is -0.145. The van der Waals surface area contributed by atoms with Gasteiger partial charge in [0.25, 0.3) is 0 Å². The van der Waals surface area contributed by atoms with E-state index in [-0.39, 0.29) is 11.3 Å². The summed E-state index contributed by atoms with van der Waals surface area (Å²) in [6.45, 7) is 2.65. The Hall–Kier alpha value is -2.77. The number of hydrogen-bond acceptors (Lipinski definition) is 5. The van der Waals surface area contributed by atoms with Gasteiger partial charge in [0.2, 0.25) is 0 Å². The number of nitrogens with zero attached hydrogens (tertiary/aromatic N) is 1. The SMILES string of the molecule is COC(=O)C(/C(C)=N/NC(N)=O)C(C(C)=O)c1ccccc1F. The number of carbonyl (C=O) groups excluding carboxylic acids is 3. The average molecular weight is 323 g/mol. The van der Waals surface area contributed by atoms with Crippen LogP contribution in [0.3, 0.4) is 0 Å². The molecule has 3 N–H and O–H groups in total. The van der Waals surface area contributed by atoms with Crippen LogP contribution in [0.25, 0.3) is 0 Å². The van der Waals surface area contributed by atoms with Gasteiger partial charge >= 0.3 is 12.0 Å². The minimum absolute atomic E-state index is 0.0454. The van der Waals surface area contributed by atoms with Crippen LogP contribution in [0.15, 0.2) is 29.4 Å². The number of nitrogens with two attached hydrogens (primary N) is 1. The van der Waals surface area contributed by atoms with Gasteiger partial charge in [0.15, 0.2) is 0 Å². The molecule has 0 aliphatic rings. The Morgan fingerprint density at radius 1 is 1.26 bits per heavy atom. The highest BCUT2D eigenvalue weighted by Crippen LogP contribution is 2.30. The number of halogens is 1. The summed E-state index contributed by atoms with van der Waals surface area (Å²) in [7, 11) is 1.14. The molecular weight excluding hydrogens is 305 g/mol. The van der Waals surface area contributed by atoms with E-state index in [1.54, 1.807) is 6.07 Å². The fourth-order valence-electron chi connectivity index (χ4n) is 2.25. The lowest BCUT2D eigenvalue weighted by Gasteiger charge is -2.23. The molecule has 0 aliphatic heterocycles. The monoisotopic (exact) mass is 323 g/mol. The molecule has 0 aromatic heterocycles. The fraction of sp³-hybridized carbons (Fsp3) is 0.333. The van der Waals surface area contributed by atoms with Crippen molar-refractivity contribution in [1.29, 1.82) is 0 Å². The predicted molar refractivity (Wildman–Crippen MR) is 81.2 cm³/mol. The third-order valence-electron chi connectivity index (χ3n) is 3.26. The van der Waals surface area contributed by atoms with E-state index in [4.69, 9.17) is 10.5 Å². The molecule has 1 aromatic rings. The number of primary amides is 1. The fourth-order valence-corrected chi connectivity index (χ4v) is 2.25. The van der Waals surface area contributed by atoms with E-state index in [0.717, 1.165) is 7.11 Å². The van der Waals surface area contributed by atoms with Crippen LogP contribution in [-0.4, -0.2) is 30.6 Å². The van der Waals surface area contributed by atoms with Gasteiger partial charge in [-0.05, 0) is 25.5 Å². The van der Waals surface area contributed by atoms with Crippen LogP contribution >= 0.6 is 0 Å². The van der Waals surface area contributed by atoms with E-state index in [9.17, 15) is 18.8 Å². The van der Waals surface area contributed by atoms with Crippen LogP contribution in [0.5, 0.6) is 0 Å². The quantitative estimate of drug-likeness (QED) is 0.467. The van der Waals surface area contributed by atoms with Gasteiger partial charge in [0, 0.05) is 0 Å². The molecule has 23 heavy (non-hydrogen) atoms. The first kappa shape index (κ1) is 18.3. The molecule has 0 saturated carbocycles. The largest absolute Gasteiger partial charge is 0.468 e. The maximum absolute atomic E-state index is 14.1. The van der Waals surface area contributed by atoms with Crippen LogP contribution in [0.1, 0.15) is 25.3 Å². The summed E-state index contributed by atoms with van der Waals surface area (Å²) in [5.41, 5.74) is 7.01. The van der Waals surface area contributed by atoms with Crippen molar-refractivity contribution in [2.24, 2.45) is 16.8 Å². The number of hydrazone groups is 1. The van der Waals surface area contributed by atoms with Gasteiger partial charge in [-0.15, -0.1) is 0 Å². The number of hydrogen-bond donors (Lipinski definition) is 2. The normalized spacial score (nSPS) is 13.8. The van der Waals surface area contributed by atoms with Gasteiger partial charge in [0.1, 0.15) is 17.5 Å². The van der Waals surface area contributed by atoms with Gasteiger partial charge < -0.3 is 10.5 Å². The highest BCUT2D eigenvalue weighted by Gasteiger charge is 2.37. The Kier molecular flexibility index (Phi) is 6.37. The topological polar surface area (TPSA) is 111 Å². The van der Waals surface area contributed by atoms with Crippen molar-refractivity contribution in [3.8, 4) is 0 Å². The van der Waals surface area contributed by atoms with Gasteiger partial charge in [0.05, 0.1) is 18.7 Å². The van der Waals surface area contributed by atoms with Crippen molar-refractivity contribution >= 4 is 23.5 Å². The zero-order chi connectivity index (χ0) is 17.6. The van der Waals surface area contributed by atoms with E-state index in [1.165, 1.54) is 32.0 Å². The van der Waals surface area contributed by atoms with E-state index in [2.05, 4.69) is 5.10 Å². The summed E-state index contributed by atoms with van der Waals surface area (Å²) in [6, 6.07) is 4.69. The Balaban J connectivity index is 3.39. The second kappa shape index (κ2) is 8.02. The Bertz CT molecular complexity index is 645. The van der Waals surface area contributed by atoms with Crippen molar-refractivity contribution in [1.82, 2.24) is 5.43 Å². The third kappa shape index (κ3) is 4.60. The smallest absolute Gasteiger partial charge is 0.332 e. The molecule has 0 saturated heterocycles. The number of ether oxygens (including phenoxy) is 1. The first-order valence-corrected chi connectivity index (χ1v) is 6.71. The average Bonchev–Trinajstić information content (AvgIpc) is 2.50. The molecule has 8 heteroatoms. The van der Waals surface area contributed by atoms with Gasteiger partial charge in [-0.25, -0.2) is 14.6 Å². The Morgan fingerprint density at radius 3 is 2.35 bits per heavy atom. The summed E-state index contributed by atoms with van der Waals surface area (Å²) in [6.07, 6.45) is 0. The molecule has 0 spiro atoms. The van der Waals surface area contributed by atoms with E-state index >= 15 is 0 Å². The van der Waals surface area contributed by atoms with Gasteiger partial charge in [-0.2, -0.15) is 5.10 Å². The molecular formula is C15H18FN3O4. The number of carbonyl (C=O) groups is 3. The van der Waals surface area contributed by atoms with Crippen molar-refractivity contribution in [2.45, 2.75) is 19.8 Å². The zero-order valence-electron chi connectivity index (χ0n) is 13.0. The van der Waals surface area contributed by atoms with Crippen molar-refractivity contribution in [2.75, 3.05) is 7.11 Å². The Morgan fingerprint density at radius 2 is 1.87 bits per heavy atom. The number of rotatable bonds is 6. The third-order valence-corrected chi connectivity index (χ3v) is 3.26. The summed E-state index contributed by atoms with van der Waals surface area (Å²) in [5, 5.41) is 3.67. The minimum Gasteiger partial charge on any atom is -0.468 e. The lowest BCUT2D eigenvalue weighted by atomic mass is 9.80. The molecule has 2 atom stereocenters. The number of amides is 2. The second-order valence-electron chi connectivity index (χ2n) is 4.84. The molecule has 7 nitrogen and oxygen atoms in total. The zero-order valence-corrected chi connectivity index (χ0v) is 13.0. The summed E-state index contributed by atoms with van der Waals surface area (Å²) in [5.74, 6) is -4.18. The first-order valence-electron chi connectivity index (χ1n) is 6.71. The molecule has 0 bridgehead atoms. The van der Waals surface area contributed by atoms with Crippen molar-refractivity contribution < 1.29 is 23.5 Å². The predicted octanol–water partition coefficient (Wildman–Crippen LogP) is 1.33. The second-order valence-corrected chi connectivity index (χ2v) is 4.84. The molecule has 0 fully saturated rings. The van der Waals surface area contributed by atoms with Crippen LogP contribution < -0.4 is 11.2 Å². The first-order chi connectivity index (χ1) is 10.8. The van der Waals surface area contributed by atoms with E-state index < -0.39 is 35.4 Å². The number of methoxy groups -OCH3 is 1. The molecule has 2 amide bonds. The van der Waals surface area contributed by atoms with Gasteiger partial charge in [-0.1, -0.05) is 18.2 Å². The molecule has 124 valence electrons. The molecule has 0 radical (unpaired) electrons. The number of ketones is 1. The van der Waals surface area contributed by atoms with Crippen molar-refractivity contribution in [3.63, 3.8) is 0 Å². The molecule has 2 unspecified atom stereocenters. The summed E-state index contributed by atoms with van der Waals surface area (Å²) >= 11 is 0. The minimum atomic E-state index is -1.19. The highest BCUT2D eigenvalue weighted by atomic mass is 19.1. The number of nitrogens with one attached hydrogen (secondary N) is 1. The van der Waals surface area contributed by atoms with E-state index in [1.807, 2.05) is 5.43 Å². The summed E-state index contributed by atoms with van der Waals surface area (Å²) < 4.78 is 18.8. The maximum atomic E-state index is 14.1. The van der Waals surface area contributed by atoms with Crippen molar-refractivity contribution in [3.05, 3.63) is 35.6 Å². The molecule has 1 rings (SSSR count).